The van der Waals surface area contributed by atoms with Crippen LogP contribution in [0.2, 0.25) is 5.02 Å². The first-order chi connectivity index (χ1) is 13.1. The molecule has 1 fully saturated rings. The third-order valence-corrected chi connectivity index (χ3v) is 5.80. The summed E-state index contributed by atoms with van der Waals surface area (Å²) in [6.07, 6.45) is 2.45. The molecule has 27 heavy (non-hydrogen) atoms. The molecule has 1 unspecified atom stereocenters. The first-order valence-corrected chi connectivity index (χ1v) is 10.1. The molecule has 0 aliphatic heterocycles. The molecule has 1 aliphatic rings. The van der Waals surface area contributed by atoms with E-state index >= 15 is 0 Å². The number of amides is 1. The highest BCUT2D eigenvalue weighted by atomic mass is 35.5. The topological polar surface area (TPSA) is 42.0 Å². The number of carbonyl (C=O) groups is 1. The first-order valence-electron chi connectivity index (χ1n) is 8.83. The van der Waals surface area contributed by atoms with Crippen molar-refractivity contribution in [2.45, 2.75) is 25.3 Å². The molecule has 6 heteroatoms. The number of rotatable bonds is 6. The zero-order valence-electron chi connectivity index (χ0n) is 14.5. The van der Waals surface area contributed by atoms with Crippen LogP contribution in [0.5, 0.6) is 0 Å². The molecule has 1 amide bonds. The maximum Gasteiger partial charge on any atom is 0.226 e. The fourth-order valence-electron chi connectivity index (χ4n) is 3.10. The van der Waals surface area contributed by atoms with Crippen LogP contribution in [0.15, 0.2) is 53.9 Å². The highest BCUT2D eigenvalue weighted by Crippen LogP contribution is 2.41. The van der Waals surface area contributed by atoms with Crippen LogP contribution in [0, 0.1) is 11.7 Å². The summed E-state index contributed by atoms with van der Waals surface area (Å²) in [7, 11) is 0. The van der Waals surface area contributed by atoms with E-state index in [0.29, 0.717) is 21.6 Å². The standard InChI is InChI=1S/C21H18ClFN2OS/c22-16-8-6-14(7-9-16)20(13-4-5-13)25-19(26)11-18-12-27-21(24-18)15-2-1-3-17(23)10-15/h1-3,6-10,12-13,20H,4-5,11H2,(H,25,26). The second-order valence-electron chi connectivity index (χ2n) is 6.77. The Kier molecular flexibility index (Phi) is 5.23. The van der Waals surface area contributed by atoms with Gasteiger partial charge < -0.3 is 5.32 Å². The van der Waals surface area contributed by atoms with E-state index in [1.54, 1.807) is 6.07 Å². The lowest BCUT2D eigenvalue weighted by atomic mass is 10.0. The molecule has 0 radical (unpaired) electrons. The van der Waals surface area contributed by atoms with E-state index in [2.05, 4.69) is 10.3 Å². The van der Waals surface area contributed by atoms with Gasteiger partial charge in [-0.15, -0.1) is 11.3 Å². The van der Waals surface area contributed by atoms with Crippen molar-refractivity contribution in [1.29, 1.82) is 0 Å². The molecule has 1 heterocycles. The zero-order valence-corrected chi connectivity index (χ0v) is 16.1. The number of aromatic nitrogens is 1. The molecule has 3 nitrogen and oxygen atoms in total. The van der Waals surface area contributed by atoms with Crippen molar-refractivity contribution in [2.24, 2.45) is 5.92 Å². The van der Waals surface area contributed by atoms with E-state index in [1.165, 1.54) is 23.5 Å². The minimum absolute atomic E-state index is 0.0103. The number of halogens is 2. The van der Waals surface area contributed by atoms with Crippen molar-refractivity contribution >= 4 is 28.8 Å². The SMILES string of the molecule is O=C(Cc1csc(-c2cccc(F)c2)n1)NC(c1ccc(Cl)cc1)C1CC1. The molecule has 1 atom stereocenters. The largest absolute Gasteiger partial charge is 0.349 e. The molecule has 1 N–H and O–H groups in total. The van der Waals surface area contributed by atoms with Gasteiger partial charge in [0.1, 0.15) is 10.8 Å². The van der Waals surface area contributed by atoms with Crippen LogP contribution in [-0.4, -0.2) is 10.9 Å². The predicted octanol–water partition coefficient (Wildman–Crippen LogP) is 5.41. The second kappa shape index (κ2) is 7.79. The Labute approximate surface area is 166 Å². The van der Waals surface area contributed by atoms with Gasteiger partial charge in [-0.2, -0.15) is 0 Å². The van der Waals surface area contributed by atoms with Gasteiger partial charge in [-0.25, -0.2) is 9.37 Å². The predicted molar refractivity (Wildman–Crippen MR) is 106 cm³/mol. The summed E-state index contributed by atoms with van der Waals surface area (Å²) in [5.41, 5.74) is 2.50. The summed E-state index contributed by atoms with van der Waals surface area (Å²) in [4.78, 5) is 17.0. The van der Waals surface area contributed by atoms with E-state index in [9.17, 15) is 9.18 Å². The number of carbonyl (C=O) groups excluding carboxylic acids is 1. The third-order valence-electron chi connectivity index (χ3n) is 4.60. The summed E-state index contributed by atoms with van der Waals surface area (Å²) in [5, 5.41) is 6.40. The van der Waals surface area contributed by atoms with Crippen molar-refractivity contribution in [3.8, 4) is 10.6 Å². The Morgan fingerprint density at radius 1 is 1.26 bits per heavy atom. The van der Waals surface area contributed by atoms with E-state index in [1.807, 2.05) is 35.7 Å². The number of benzene rings is 2. The van der Waals surface area contributed by atoms with Crippen LogP contribution in [-0.2, 0) is 11.2 Å². The average Bonchev–Trinajstić information content (AvgIpc) is 3.39. The summed E-state index contributed by atoms with van der Waals surface area (Å²) in [5.74, 6) is 0.128. The molecule has 0 spiro atoms. The molecule has 2 aromatic carbocycles. The molecule has 138 valence electrons. The Balaban J connectivity index is 1.43. The van der Waals surface area contributed by atoms with E-state index < -0.39 is 0 Å². The van der Waals surface area contributed by atoms with Crippen molar-refractivity contribution in [2.75, 3.05) is 0 Å². The summed E-state index contributed by atoms with van der Waals surface area (Å²) < 4.78 is 13.4. The highest BCUT2D eigenvalue weighted by Gasteiger charge is 2.33. The maximum atomic E-state index is 13.4. The molecule has 4 rings (SSSR count). The first kappa shape index (κ1) is 18.1. The van der Waals surface area contributed by atoms with E-state index in [0.717, 1.165) is 24.0 Å². The minimum atomic E-state index is -0.294. The van der Waals surface area contributed by atoms with Gasteiger partial charge in [0.05, 0.1) is 18.2 Å². The van der Waals surface area contributed by atoms with Gasteiger partial charge in [-0.3, -0.25) is 4.79 Å². The Morgan fingerprint density at radius 2 is 2.04 bits per heavy atom. The Bertz CT molecular complexity index is 953. The van der Waals surface area contributed by atoms with Crippen LogP contribution < -0.4 is 5.32 Å². The quantitative estimate of drug-likeness (QED) is 0.600. The molecule has 3 aromatic rings. The smallest absolute Gasteiger partial charge is 0.226 e. The Hall–Kier alpha value is -2.24. The lowest BCUT2D eigenvalue weighted by Gasteiger charge is -2.18. The highest BCUT2D eigenvalue weighted by molar-refractivity contribution is 7.13. The van der Waals surface area contributed by atoms with Crippen molar-refractivity contribution < 1.29 is 9.18 Å². The molecule has 1 aliphatic carbocycles. The lowest BCUT2D eigenvalue weighted by Crippen LogP contribution is -2.31. The number of nitrogens with zero attached hydrogens (tertiary/aromatic N) is 1. The summed E-state index contributed by atoms with van der Waals surface area (Å²) in [6, 6.07) is 14.0. The normalized spacial score (nSPS) is 14.7. The van der Waals surface area contributed by atoms with Crippen LogP contribution in [0.1, 0.15) is 30.1 Å². The molecule has 0 saturated heterocycles. The number of hydrogen-bond donors (Lipinski definition) is 1. The number of hydrogen-bond acceptors (Lipinski definition) is 3. The maximum absolute atomic E-state index is 13.4. The van der Waals surface area contributed by atoms with Gasteiger partial charge in [0.25, 0.3) is 0 Å². The fourth-order valence-corrected chi connectivity index (χ4v) is 4.05. The van der Waals surface area contributed by atoms with Crippen LogP contribution >= 0.6 is 22.9 Å². The molecule has 0 bridgehead atoms. The monoisotopic (exact) mass is 400 g/mol. The van der Waals surface area contributed by atoms with E-state index in [-0.39, 0.29) is 24.2 Å². The van der Waals surface area contributed by atoms with Crippen molar-refractivity contribution in [1.82, 2.24) is 10.3 Å². The van der Waals surface area contributed by atoms with E-state index in [4.69, 9.17) is 11.6 Å². The van der Waals surface area contributed by atoms with Crippen LogP contribution in [0.25, 0.3) is 10.6 Å². The molecular formula is C21H18ClFN2OS. The zero-order chi connectivity index (χ0) is 18.8. The average molecular weight is 401 g/mol. The van der Waals surface area contributed by atoms with Gasteiger partial charge in [0.15, 0.2) is 0 Å². The van der Waals surface area contributed by atoms with Crippen molar-refractivity contribution in [3.63, 3.8) is 0 Å². The van der Waals surface area contributed by atoms with Gasteiger partial charge in [-0.1, -0.05) is 35.9 Å². The summed E-state index contributed by atoms with van der Waals surface area (Å²) >= 11 is 7.39. The lowest BCUT2D eigenvalue weighted by molar-refractivity contribution is -0.121. The van der Waals surface area contributed by atoms with Crippen LogP contribution in [0.3, 0.4) is 0 Å². The van der Waals surface area contributed by atoms with Crippen molar-refractivity contribution in [3.05, 3.63) is 76.0 Å². The fraction of sp³-hybridized carbons (Fsp3) is 0.238. The molecular weight excluding hydrogens is 383 g/mol. The van der Waals surface area contributed by atoms with Gasteiger partial charge in [-0.05, 0) is 48.6 Å². The van der Waals surface area contributed by atoms with Crippen LogP contribution in [0.4, 0.5) is 4.39 Å². The molecule has 1 saturated carbocycles. The van der Waals surface area contributed by atoms with Gasteiger partial charge in [0.2, 0.25) is 5.91 Å². The molecule has 1 aromatic heterocycles. The number of thiazole rings is 1. The second-order valence-corrected chi connectivity index (χ2v) is 8.06. The Morgan fingerprint density at radius 3 is 2.74 bits per heavy atom. The number of nitrogens with one attached hydrogen (secondary N) is 1. The third kappa shape index (κ3) is 4.54. The summed E-state index contributed by atoms with van der Waals surface area (Å²) in [6.45, 7) is 0. The van der Waals surface area contributed by atoms with Gasteiger partial charge >= 0.3 is 0 Å². The minimum Gasteiger partial charge on any atom is -0.349 e. The van der Waals surface area contributed by atoms with Gasteiger partial charge in [0, 0.05) is 16.0 Å².